The van der Waals surface area contributed by atoms with E-state index >= 15 is 0 Å². The zero-order chi connectivity index (χ0) is 12.8. The first-order valence-electron chi connectivity index (χ1n) is 5.40. The van der Waals surface area contributed by atoms with E-state index in [-0.39, 0.29) is 18.6 Å². The summed E-state index contributed by atoms with van der Waals surface area (Å²) in [7, 11) is 0. The highest BCUT2D eigenvalue weighted by atomic mass is 79.9. The lowest BCUT2D eigenvalue weighted by atomic mass is 10.2. The fourth-order valence-corrected chi connectivity index (χ4v) is 1.95. The third-order valence-electron chi connectivity index (χ3n) is 2.27. The van der Waals surface area contributed by atoms with Gasteiger partial charge in [-0.2, -0.15) is 0 Å². The van der Waals surface area contributed by atoms with Gasteiger partial charge < -0.3 is 10.1 Å². The molecule has 0 spiro atoms. The Bertz CT molecular complexity index is 398. The maximum Gasteiger partial charge on any atom is 0.258 e. The molecule has 17 heavy (non-hydrogen) atoms. The molecule has 0 aromatic heterocycles. The van der Waals surface area contributed by atoms with E-state index in [9.17, 15) is 4.79 Å². The van der Waals surface area contributed by atoms with Crippen molar-refractivity contribution in [3.05, 3.63) is 27.7 Å². The van der Waals surface area contributed by atoms with Gasteiger partial charge in [0.25, 0.3) is 5.91 Å². The zero-order valence-electron chi connectivity index (χ0n) is 9.80. The molecule has 1 aromatic rings. The average Bonchev–Trinajstić information content (AvgIpc) is 2.27. The molecular formula is C12H15BrClNO2. The van der Waals surface area contributed by atoms with E-state index in [4.69, 9.17) is 16.3 Å². The molecule has 1 aromatic carbocycles. The zero-order valence-corrected chi connectivity index (χ0v) is 12.1. The van der Waals surface area contributed by atoms with Gasteiger partial charge in [0, 0.05) is 11.1 Å². The van der Waals surface area contributed by atoms with Gasteiger partial charge in [-0.05, 0) is 47.5 Å². The van der Waals surface area contributed by atoms with Gasteiger partial charge in [-0.15, -0.1) is 0 Å². The Kier molecular flexibility index (Phi) is 5.78. The van der Waals surface area contributed by atoms with Crippen LogP contribution in [-0.2, 0) is 4.79 Å². The van der Waals surface area contributed by atoms with Crippen LogP contribution in [0.25, 0.3) is 0 Å². The Morgan fingerprint density at radius 2 is 2.29 bits per heavy atom. The Labute approximate surface area is 115 Å². The maximum atomic E-state index is 11.5. The summed E-state index contributed by atoms with van der Waals surface area (Å²) in [4.78, 5) is 11.5. The summed E-state index contributed by atoms with van der Waals surface area (Å²) >= 11 is 9.12. The second kappa shape index (κ2) is 6.87. The minimum atomic E-state index is -0.124. The van der Waals surface area contributed by atoms with E-state index in [1.165, 1.54) is 0 Å². The molecule has 1 atom stereocenters. The lowest BCUT2D eigenvalue weighted by Crippen LogP contribution is -2.35. The highest BCUT2D eigenvalue weighted by molar-refractivity contribution is 9.10. The number of hydrogen-bond donors (Lipinski definition) is 1. The molecule has 5 heteroatoms. The van der Waals surface area contributed by atoms with Crippen LogP contribution in [-0.4, -0.2) is 18.6 Å². The van der Waals surface area contributed by atoms with Gasteiger partial charge in [0.2, 0.25) is 0 Å². The van der Waals surface area contributed by atoms with Crippen molar-refractivity contribution in [2.75, 3.05) is 6.61 Å². The minimum absolute atomic E-state index is 0.00454. The largest absolute Gasteiger partial charge is 0.483 e. The Hall–Kier alpha value is -0.740. The number of ether oxygens (including phenoxy) is 1. The van der Waals surface area contributed by atoms with Crippen molar-refractivity contribution < 1.29 is 9.53 Å². The molecule has 1 amide bonds. The first kappa shape index (κ1) is 14.3. The SMILES string of the molecule is CCC(C)NC(=O)COc1ccc(Cl)cc1Br. The summed E-state index contributed by atoms with van der Waals surface area (Å²) in [6, 6.07) is 5.33. The van der Waals surface area contributed by atoms with Crippen LogP contribution in [0.15, 0.2) is 22.7 Å². The van der Waals surface area contributed by atoms with Crippen molar-refractivity contribution in [2.24, 2.45) is 0 Å². The van der Waals surface area contributed by atoms with E-state index in [1.54, 1.807) is 18.2 Å². The van der Waals surface area contributed by atoms with Crippen LogP contribution in [0, 0.1) is 0 Å². The van der Waals surface area contributed by atoms with Crippen molar-refractivity contribution in [3.63, 3.8) is 0 Å². The molecule has 1 rings (SSSR count). The first-order chi connectivity index (χ1) is 8.02. The summed E-state index contributed by atoms with van der Waals surface area (Å²) in [5.74, 6) is 0.481. The fourth-order valence-electron chi connectivity index (χ4n) is 1.15. The Morgan fingerprint density at radius 3 is 2.88 bits per heavy atom. The average molecular weight is 321 g/mol. The number of amides is 1. The van der Waals surface area contributed by atoms with Gasteiger partial charge >= 0.3 is 0 Å². The predicted octanol–water partition coefficient (Wildman–Crippen LogP) is 3.40. The van der Waals surface area contributed by atoms with Crippen molar-refractivity contribution in [2.45, 2.75) is 26.3 Å². The van der Waals surface area contributed by atoms with Gasteiger partial charge in [-0.25, -0.2) is 0 Å². The summed E-state index contributed by atoms with van der Waals surface area (Å²) in [6.07, 6.45) is 0.899. The first-order valence-corrected chi connectivity index (χ1v) is 6.57. The van der Waals surface area contributed by atoms with E-state index in [0.29, 0.717) is 10.8 Å². The van der Waals surface area contributed by atoms with Crippen molar-refractivity contribution in [3.8, 4) is 5.75 Å². The second-order valence-corrected chi connectivity index (χ2v) is 5.03. The number of rotatable bonds is 5. The summed E-state index contributed by atoms with van der Waals surface area (Å²) in [5.41, 5.74) is 0. The predicted molar refractivity (Wildman–Crippen MR) is 72.5 cm³/mol. The van der Waals surface area contributed by atoms with Crippen molar-refractivity contribution >= 4 is 33.4 Å². The van der Waals surface area contributed by atoms with E-state index in [2.05, 4.69) is 21.2 Å². The van der Waals surface area contributed by atoms with Crippen LogP contribution in [0.4, 0.5) is 0 Å². The lowest BCUT2D eigenvalue weighted by molar-refractivity contribution is -0.123. The molecule has 0 bridgehead atoms. The van der Waals surface area contributed by atoms with Crippen molar-refractivity contribution in [1.29, 1.82) is 0 Å². The number of benzene rings is 1. The minimum Gasteiger partial charge on any atom is -0.483 e. The normalized spacial score (nSPS) is 12.0. The van der Waals surface area contributed by atoms with Crippen LogP contribution in [0.2, 0.25) is 5.02 Å². The number of nitrogens with one attached hydrogen (secondary N) is 1. The number of carbonyl (C=O) groups excluding carboxylic acids is 1. The van der Waals surface area contributed by atoms with Crippen LogP contribution in [0.3, 0.4) is 0 Å². The highest BCUT2D eigenvalue weighted by Crippen LogP contribution is 2.27. The molecule has 0 heterocycles. The second-order valence-electron chi connectivity index (χ2n) is 3.74. The molecule has 94 valence electrons. The van der Waals surface area contributed by atoms with Gasteiger partial charge in [-0.3, -0.25) is 4.79 Å². The number of carbonyl (C=O) groups is 1. The van der Waals surface area contributed by atoms with E-state index < -0.39 is 0 Å². The van der Waals surface area contributed by atoms with E-state index in [0.717, 1.165) is 10.9 Å². The quantitative estimate of drug-likeness (QED) is 0.903. The molecule has 1 unspecified atom stereocenters. The van der Waals surface area contributed by atoms with Crippen LogP contribution < -0.4 is 10.1 Å². The summed E-state index contributed by atoms with van der Waals surface area (Å²) in [6.45, 7) is 3.97. The molecule has 0 fully saturated rings. The third-order valence-corrected chi connectivity index (χ3v) is 3.13. The van der Waals surface area contributed by atoms with Gasteiger partial charge in [0.15, 0.2) is 6.61 Å². The monoisotopic (exact) mass is 319 g/mol. The number of hydrogen-bond acceptors (Lipinski definition) is 2. The molecule has 0 saturated carbocycles. The Morgan fingerprint density at radius 1 is 1.59 bits per heavy atom. The standard InChI is InChI=1S/C12H15BrClNO2/c1-3-8(2)15-12(16)7-17-11-5-4-9(14)6-10(11)13/h4-6,8H,3,7H2,1-2H3,(H,15,16). The molecule has 0 aliphatic carbocycles. The topological polar surface area (TPSA) is 38.3 Å². The molecule has 0 saturated heterocycles. The molecule has 3 nitrogen and oxygen atoms in total. The fraction of sp³-hybridized carbons (Fsp3) is 0.417. The van der Waals surface area contributed by atoms with E-state index in [1.807, 2.05) is 13.8 Å². The molecule has 0 aliphatic heterocycles. The van der Waals surface area contributed by atoms with Crippen LogP contribution in [0.5, 0.6) is 5.75 Å². The lowest BCUT2D eigenvalue weighted by Gasteiger charge is -2.12. The molecule has 1 N–H and O–H groups in total. The Balaban J connectivity index is 2.47. The third kappa shape index (κ3) is 4.96. The number of halogens is 2. The van der Waals surface area contributed by atoms with Crippen LogP contribution >= 0.6 is 27.5 Å². The smallest absolute Gasteiger partial charge is 0.258 e. The van der Waals surface area contributed by atoms with Gasteiger partial charge in [0.1, 0.15) is 5.75 Å². The maximum absolute atomic E-state index is 11.5. The molecule has 0 radical (unpaired) electrons. The van der Waals surface area contributed by atoms with Crippen LogP contribution in [0.1, 0.15) is 20.3 Å². The highest BCUT2D eigenvalue weighted by Gasteiger charge is 2.08. The molecule has 0 aliphatic rings. The summed E-state index contributed by atoms with van der Waals surface area (Å²) in [5, 5.41) is 3.44. The van der Waals surface area contributed by atoms with Crippen molar-refractivity contribution in [1.82, 2.24) is 5.32 Å². The molecular weight excluding hydrogens is 305 g/mol. The van der Waals surface area contributed by atoms with Gasteiger partial charge in [-0.1, -0.05) is 18.5 Å². The van der Waals surface area contributed by atoms with Gasteiger partial charge in [0.05, 0.1) is 4.47 Å². The summed E-state index contributed by atoms with van der Waals surface area (Å²) < 4.78 is 6.12.